The summed E-state index contributed by atoms with van der Waals surface area (Å²) in [5, 5.41) is 11.0. The summed E-state index contributed by atoms with van der Waals surface area (Å²) in [6.45, 7) is 0.606. The van der Waals surface area contributed by atoms with Gasteiger partial charge in [-0.1, -0.05) is 0 Å². The predicted molar refractivity (Wildman–Crippen MR) is 93.3 cm³/mol. The minimum absolute atomic E-state index is 0.113. The molecule has 0 N–H and O–H groups in total. The summed E-state index contributed by atoms with van der Waals surface area (Å²) >= 11 is 0. The lowest BCUT2D eigenvalue weighted by Crippen LogP contribution is -2.37. The van der Waals surface area contributed by atoms with Crippen molar-refractivity contribution in [2.45, 2.75) is 25.3 Å². The van der Waals surface area contributed by atoms with E-state index in [0.717, 1.165) is 30.7 Å². The number of halogens is 2. The van der Waals surface area contributed by atoms with Crippen LogP contribution in [0.1, 0.15) is 28.8 Å². The Hall–Kier alpha value is -3.16. The smallest absolute Gasteiger partial charge is 0.254 e. The number of rotatable bonds is 4. The molecule has 0 radical (unpaired) electrons. The Morgan fingerprint density at radius 1 is 1.15 bits per heavy atom. The van der Waals surface area contributed by atoms with Crippen LogP contribution in [0.3, 0.4) is 0 Å². The van der Waals surface area contributed by atoms with Crippen molar-refractivity contribution in [3.05, 3.63) is 71.6 Å². The predicted octanol–water partition coefficient (Wildman–Crippen LogP) is 2.79. The summed E-state index contributed by atoms with van der Waals surface area (Å²) in [6.07, 6.45) is 3.39. The van der Waals surface area contributed by atoms with E-state index < -0.39 is 11.6 Å². The van der Waals surface area contributed by atoms with Gasteiger partial charge in [-0.15, -0.1) is 5.10 Å². The Morgan fingerprint density at radius 2 is 1.96 bits per heavy atom. The van der Waals surface area contributed by atoms with Gasteiger partial charge >= 0.3 is 0 Å². The zero-order chi connectivity index (χ0) is 18.8. The minimum atomic E-state index is -0.472. The van der Waals surface area contributed by atoms with E-state index in [0.29, 0.717) is 24.1 Å². The van der Waals surface area contributed by atoms with Crippen molar-refractivity contribution in [1.82, 2.24) is 25.1 Å². The van der Waals surface area contributed by atoms with Gasteiger partial charge in [0.1, 0.15) is 18.0 Å². The highest BCUT2D eigenvalue weighted by Crippen LogP contribution is 2.25. The Kier molecular flexibility index (Phi) is 4.62. The highest BCUT2D eigenvalue weighted by atomic mass is 19.1. The second kappa shape index (κ2) is 7.22. The second-order valence-electron chi connectivity index (χ2n) is 6.54. The van der Waals surface area contributed by atoms with Crippen molar-refractivity contribution in [2.75, 3.05) is 6.54 Å². The molecule has 1 saturated heterocycles. The molecule has 3 aromatic rings. The molecule has 1 fully saturated rings. The topological polar surface area (TPSA) is 63.9 Å². The van der Waals surface area contributed by atoms with E-state index in [-0.39, 0.29) is 11.9 Å². The van der Waals surface area contributed by atoms with Crippen LogP contribution in [0.25, 0.3) is 5.69 Å². The molecule has 4 rings (SSSR count). The summed E-state index contributed by atoms with van der Waals surface area (Å²) in [5.74, 6) is -1.03. The van der Waals surface area contributed by atoms with Gasteiger partial charge in [0.25, 0.3) is 5.91 Å². The molecule has 1 aliphatic rings. The second-order valence-corrected chi connectivity index (χ2v) is 6.54. The number of carbonyl (C=O) groups excluding carboxylic acids is 1. The molecule has 0 saturated carbocycles. The van der Waals surface area contributed by atoms with Crippen LogP contribution >= 0.6 is 0 Å². The van der Waals surface area contributed by atoms with E-state index in [1.165, 1.54) is 17.1 Å². The van der Waals surface area contributed by atoms with Crippen LogP contribution in [-0.4, -0.2) is 43.6 Å². The molecule has 1 aromatic heterocycles. The summed E-state index contributed by atoms with van der Waals surface area (Å²) in [5.41, 5.74) is 1.59. The molecule has 6 nitrogen and oxygen atoms in total. The number of carbonyl (C=O) groups is 1. The van der Waals surface area contributed by atoms with Crippen molar-refractivity contribution in [3.8, 4) is 5.69 Å². The number of hydrogen-bond donors (Lipinski definition) is 0. The van der Waals surface area contributed by atoms with Gasteiger partial charge in [0.05, 0.1) is 5.69 Å². The number of nitrogens with zero attached hydrogens (tertiary/aromatic N) is 5. The van der Waals surface area contributed by atoms with E-state index in [2.05, 4.69) is 15.5 Å². The molecule has 0 spiro atoms. The molecule has 1 aliphatic heterocycles. The van der Waals surface area contributed by atoms with Gasteiger partial charge in [-0.05, 0) is 77.7 Å². The first kappa shape index (κ1) is 17.3. The molecule has 1 unspecified atom stereocenters. The summed E-state index contributed by atoms with van der Waals surface area (Å²) in [4.78, 5) is 14.7. The van der Waals surface area contributed by atoms with Gasteiger partial charge in [0.2, 0.25) is 0 Å². The van der Waals surface area contributed by atoms with Crippen LogP contribution in [0.4, 0.5) is 8.78 Å². The summed E-state index contributed by atoms with van der Waals surface area (Å²) in [6, 6.07) is 10.3. The maximum absolute atomic E-state index is 14.0. The molecule has 8 heteroatoms. The first-order chi connectivity index (χ1) is 13.1. The lowest BCUT2D eigenvalue weighted by Gasteiger charge is -2.25. The SMILES string of the molecule is O=C(c1ccc(-n2cnnn2)cc1)N1CCCC1Cc1cc(F)ccc1F. The Bertz CT molecular complexity index is 943. The molecular weight excluding hydrogens is 352 g/mol. The molecule has 2 aromatic carbocycles. The van der Waals surface area contributed by atoms with Crippen molar-refractivity contribution in [2.24, 2.45) is 0 Å². The average Bonchev–Trinajstić information content (AvgIpc) is 3.36. The Balaban J connectivity index is 1.51. The third-order valence-corrected chi connectivity index (χ3v) is 4.83. The first-order valence-electron chi connectivity index (χ1n) is 8.70. The zero-order valence-corrected chi connectivity index (χ0v) is 14.4. The molecule has 0 aliphatic carbocycles. The number of benzene rings is 2. The zero-order valence-electron chi connectivity index (χ0n) is 14.4. The largest absolute Gasteiger partial charge is 0.335 e. The third kappa shape index (κ3) is 3.55. The molecule has 1 amide bonds. The summed E-state index contributed by atoms with van der Waals surface area (Å²) in [7, 11) is 0. The molecule has 138 valence electrons. The van der Waals surface area contributed by atoms with Gasteiger partial charge in [0, 0.05) is 18.2 Å². The number of aromatic nitrogens is 4. The maximum Gasteiger partial charge on any atom is 0.254 e. The van der Waals surface area contributed by atoms with E-state index >= 15 is 0 Å². The van der Waals surface area contributed by atoms with Crippen LogP contribution < -0.4 is 0 Å². The Labute approximate surface area is 154 Å². The molecule has 0 bridgehead atoms. The van der Waals surface area contributed by atoms with E-state index in [1.807, 2.05) is 0 Å². The highest BCUT2D eigenvalue weighted by Gasteiger charge is 2.30. The fourth-order valence-corrected chi connectivity index (χ4v) is 3.47. The maximum atomic E-state index is 14.0. The lowest BCUT2D eigenvalue weighted by atomic mass is 10.0. The van der Waals surface area contributed by atoms with Crippen molar-refractivity contribution >= 4 is 5.91 Å². The lowest BCUT2D eigenvalue weighted by molar-refractivity contribution is 0.0736. The normalized spacial score (nSPS) is 16.7. The fourth-order valence-electron chi connectivity index (χ4n) is 3.47. The molecular formula is C19H17F2N5O. The third-order valence-electron chi connectivity index (χ3n) is 4.83. The van der Waals surface area contributed by atoms with Crippen LogP contribution in [-0.2, 0) is 6.42 Å². The van der Waals surface area contributed by atoms with Gasteiger partial charge < -0.3 is 4.90 Å². The summed E-state index contributed by atoms with van der Waals surface area (Å²) < 4.78 is 28.9. The monoisotopic (exact) mass is 369 g/mol. The van der Waals surface area contributed by atoms with Crippen LogP contribution in [0.2, 0.25) is 0 Å². The fraction of sp³-hybridized carbons (Fsp3) is 0.263. The molecule has 1 atom stereocenters. The van der Waals surface area contributed by atoms with E-state index in [9.17, 15) is 13.6 Å². The number of likely N-dealkylation sites (tertiary alicyclic amines) is 1. The standard InChI is InChI=1S/C19H17F2N5O/c20-15-5-8-18(21)14(10-15)11-17-2-1-9-25(17)19(27)13-3-6-16(7-4-13)26-12-22-23-24-26/h3-8,10,12,17H,1-2,9,11H2. The van der Waals surface area contributed by atoms with Crippen molar-refractivity contribution < 1.29 is 13.6 Å². The van der Waals surface area contributed by atoms with E-state index in [1.54, 1.807) is 29.2 Å². The van der Waals surface area contributed by atoms with Gasteiger partial charge in [-0.25, -0.2) is 13.5 Å². The highest BCUT2D eigenvalue weighted by molar-refractivity contribution is 5.94. The van der Waals surface area contributed by atoms with Gasteiger partial charge in [0.15, 0.2) is 0 Å². The Morgan fingerprint density at radius 3 is 2.70 bits per heavy atom. The number of hydrogen-bond acceptors (Lipinski definition) is 4. The minimum Gasteiger partial charge on any atom is -0.335 e. The van der Waals surface area contributed by atoms with Crippen molar-refractivity contribution in [1.29, 1.82) is 0 Å². The number of amides is 1. The van der Waals surface area contributed by atoms with Crippen LogP contribution in [0.15, 0.2) is 48.8 Å². The van der Waals surface area contributed by atoms with Crippen molar-refractivity contribution in [3.63, 3.8) is 0 Å². The van der Waals surface area contributed by atoms with Crippen LogP contribution in [0.5, 0.6) is 0 Å². The molecule has 27 heavy (non-hydrogen) atoms. The average molecular weight is 369 g/mol. The quantitative estimate of drug-likeness (QED) is 0.709. The van der Waals surface area contributed by atoms with Crippen LogP contribution in [0, 0.1) is 11.6 Å². The molecule has 2 heterocycles. The van der Waals surface area contributed by atoms with E-state index in [4.69, 9.17) is 0 Å². The first-order valence-corrected chi connectivity index (χ1v) is 8.70. The number of tetrazole rings is 1. The van der Waals surface area contributed by atoms with Gasteiger partial charge in [-0.2, -0.15) is 0 Å². The van der Waals surface area contributed by atoms with Gasteiger partial charge in [-0.3, -0.25) is 4.79 Å².